The number of nitrogens with zero attached hydrogens (tertiary/aromatic N) is 2. The molecule has 1 amide bonds. The summed E-state index contributed by atoms with van der Waals surface area (Å²) in [4.78, 5) is 23.4. The average molecular weight is 300 g/mol. The van der Waals surface area contributed by atoms with Gasteiger partial charge < -0.3 is 10.4 Å². The number of rotatable bonds is 5. The molecular formula is C13H18ClN3O3. The van der Waals surface area contributed by atoms with Crippen LogP contribution < -0.4 is 5.32 Å². The number of carbonyl (C=O) groups excluding carboxylic acids is 1. The van der Waals surface area contributed by atoms with Crippen molar-refractivity contribution in [3.63, 3.8) is 0 Å². The van der Waals surface area contributed by atoms with Gasteiger partial charge in [0.25, 0.3) is 0 Å². The predicted molar refractivity (Wildman–Crippen MR) is 73.6 cm³/mol. The van der Waals surface area contributed by atoms with Gasteiger partial charge >= 0.3 is 5.97 Å². The Hall–Kier alpha value is -1.56. The van der Waals surface area contributed by atoms with E-state index in [2.05, 4.69) is 10.4 Å². The normalized spacial score (nSPS) is 17.6. The van der Waals surface area contributed by atoms with Crippen LogP contribution >= 0.6 is 11.6 Å². The Morgan fingerprint density at radius 1 is 1.50 bits per heavy atom. The molecule has 1 aliphatic carbocycles. The molecule has 1 aliphatic rings. The second-order valence-corrected chi connectivity index (χ2v) is 5.85. The minimum Gasteiger partial charge on any atom is -0.480 e. The highest BCUT2D eigenvalue weighted by Gasteiger charge is 2.48. The van der Waals surface area contributed by atoms with Crippen molar-refractivity contribution in [2.45, 2.75) is 45.7 Å². The summed E-state index contributed by atoms with van der Waals surface area (Å²) in [5.41, 5.74) is 0.152. The van der Waals surface area contributed by atoms with Crippen LogP contribution in [0.2, 0.25) is 5.02 Å². The molecule has 20 heavy (non-hydrogen) atoms. The van der Waals surface area contributed by atoms with Crippen molar-refractivity contribution >= 4 is 23.5 Å². The molecule has 1 aromatic heterocycles. The molecule has 1 heterocycles. The van der Waals surface area contributed by atoms with Crippen LogP contribution in [0, 0.1) is 19.8 Å². The van der Waals surface area contributed by atoms with E-state index in [-0.39, 0.29) is 18.4 Å². The van der Waals surface area contributed by atoms with Crippen LogP contribution in [0.5, 0.6) is 0 Å². The highest BCUT2D eigenvalue weighted by Crippen LogP contribution is 2.39. The number of aryl methyl sites for hydroxylation is 1. The van der Waals surface area contributed by atoms with Crippen molar-refractivity contribution in [2.24, 2.45) is 5.92 Å². The standard InChI is InChI=1S/C13H18ClN3O3/c1-7-11(14)8(2)17(16-7)6-10(18)15-13(3,12(19)20)9-4-5-9/h9H,4-6H2,1-3H3,(H,15,18)(H,19,20)/t13-/m1/s1. The molecular weight excluding hydrogens is 282 g/mol. The van der Waals surface area contributed by atoms with Crippen molar-refractivity contribution in [3.8, 4) is 0 Å². The van der Waals surface area contributed by atoms with Crippen LogP contribution in [0.25, 0.3) is 0 Å². The number of carboxylic acid groups (broad SMARTS) is 1. The Labute approximate surface area is 122 Å². The molecule has 7 heteroatoms. The minimum absolute atomic E-state index is 0.00740. The monoisotopic (exact) mass is 299 g/mol. The van der Waals surface area contributed by atoms with Crippen LogP contribution in [0.1, 0.15) is 31.2 Å². The second-order valence-electron chi connectivity index (χ2n) is 5.47. The third kappa shape index (κ3) is 2.65. The first-order valence-corrected chi connectivity index (χ1v) is 6.87. The molecule has 0 spiro atoms. The number of halogens is 1. The lowest BCUT2D eigenvalue weighted by atomic mass is 9.96. The number of nitrogens with one attached hydrogen (secondary N) is 1. The van der Waals surface area contributed by atoms with Crippen LogP contribution in [0.4, 0.5) is 0 Å². The van der Waals surface area contributed by atoms with Crippen LogP contribution in [-0.4, -0.2) is 32.3 Å². The van der Waals surface area contributed by atoms with E-state index in [0.29, 0.717) is 16.4 Å². The fourth-order valence-corrected chi connectivity index (χ4v) is 2.42. The number of amides is 1. The Kier molecular flexibility index (Phi) is 3.77. The van der Waals surface area contributed by atoms with E-state index in [1.54, 1.807) is 20.8 Å². The van der Waals surface area contributed by atoms with E-state index in [9.17, 15) is 14.7 Å². The van der Waals surface area contributed by atoms with Gasteiger partial charge in [-0.1, -0.05) is 11.6 Å². The molecule has 0 aliphatic heterocycles. The first kappa shape index (κ1) is 14.8. The zero-order valence-corrected chi connectivity index (χ0v) is 12.5. The van der Waals surface area contributed by atoms with Crippen molar-refractivity contribution in [3.05, 3.63) is 16.4 Å². The average Bonchev–Trinajstić information content (AvgIpc) is 3.16. The van der Waals surface area contributed by atoms with Crippen LogP contribution in [0.15, 0.2) is 0 Å². The maximum absolute atomic E-state index is 12.1. The predicted octanol–water partition coefficient (Wildman–Crippen LogP) is 1.52. The smallest absolute Gasteiger partial charge is 0.329 e. The SMILES string of the molecule is Cc1nn(CC(=O)N[C@@](C)(C(=O)O)C2CC2)c(C)c1Cl. The van der Waals surface area contributed by atoms with Gasteiger partial charge in [0.15, 0.2) is 0 Å². The Morgan fingerprint density at radius 2 is 2.10 bits per heavy atom. The summed E-state index contributed by atoms with van der Waals surface area (Å²) in [6, 6.07) is 0. The molecule has 2 N–H and O–H groups in total. The number of hydrogen-bond acceptors (Lipinski definition) is 3. The lowest BCUT2D eigenvalue weighted by molar-refractivity contribution is -0.148. The molecule has 0 saturated heterocycles. The van der Waals surface area contributed by atoms with Gasteiger partial charge in [0, 0.05) is 0 Å². The van der Waals surface area contributed by atoms with Crippen molar-refractivity contribution in [1.29, 1.82) is 0 Å². The largest absolute Gasteiger partial charge is 0.480 e. The van der Waals surface area contributed by atoms with Gasteiger partial charge in [0.05, 0.1) is 16.4 Å². The van der Waals surface area contributed by atoms with E-state index in [0.717, 1.165) is 12.8 Å². The molecule has 0 aromatic carbocycles. The van der Waals surface area contributed by atoms with E-state index >= 15 is 0 Å². The van der Waals surface area contributed by atoms with Crippen LogP contribution in [0.3, 0.4) is 0 Å². The summed E-state index contributed by atoms with van der Waals surface area (Å²) in [5.74, 6) is -1.36. The molecule has 1 fully saturated rings. The molecule has 6 nitrogen and oxygen atoms in total. The molecule has 1 atom stereocenters. The van der Waals surface area contributed by atoms with Crippen molar-refractivity contribution in [2.75, 3.05) is 0 Å². The Bertz CT molecular complexity index is 565. The molecule has 0 radical (unpaired) electrons. The second kappa shape index (κ2) is 5.09. The lowest BCUT2D eigenvalue weighted by Crippen LogP contribution is -2.54. The first-order chi connectivity index (χ1) is 9.25. The Morgan fingerprint density at radius 3 is 2.50 bits per heavy atom. The van der Waals surface area contributed by atoms with Crippen LogP contribution in [-0.2, 0) is 16.1 Å². The summed E-state index contributed by atoms with van der Waals surface area (Å²) >= 11 is 6.02. The fourth-order valence-electron chi connectivity index (χ4n) is 2.29. The quantitative estimate of drug-likeness (QED) is 0.863. The van der Waals surface area contributed by atoms with E-state index in [4.69, 9.17) is 11.6 Å². The summed E-state index contributed by atoms with van der Waals surface area (Å²) in [7, 11) is 0. The van der Waals surface area contributed by atoms with E-state index in [1.807, 2.05) is 0 Å². The van der Waals surface area contributed by atoms with Gasteiger partial charge in [-0.2, -0.15) is 5.10 Å². The summed E-state index contributed by atoms with van der Waals surface area (Å²) < 4.78 is 1.49. The minimum atomic E-state index is -1.20. The maximum Gasteiger partial charge on any atom is 0.329 e. The molecule has 110 valence electrons. The van der Waals surface area contributed by atoms with Gasteiger partial charge in [-0.3, -0.25) is 9.48 Å². The van der Waals surface area contributed by atoms with Crippen molar-refractivity contribution < 1.29 is 14.7 Å². The lowest BCUT2D eigenvalue weighted by Gasteiger charge is -2.26. The zero-order valence-electron chi connectivity index (χ0n) is 11.7. The molecule has 0 unspecified atom stereocenters. The highest BCUT2D eigenvalue weighted by atomic mass is 35.5. The number of aliphatic carboxylic acids is 1. The number of carbonyl (C=O) groups is 2. The number of hydrogen-bond donors (Lipinski definition) is 2. The Balaban J connectivity index is 2.08. The van der Waals surface area contributed by atoms with Gasteiger partial charge in [-0.25, -0.2) is 4.79 Å². The third-order valence-corrected chi connectivity index (χ3v) is 4.37. The molecule has 1 aromatic rings. The van der Waals surface area contributed by atoms with Gasteiger partial charge in [-0.05, 0) is 39.5 Å². The fraction of sp³-hybridized carbons (Fsp3) is 0.615. The topological polar surface area (TPSA) is 84.2 Å². The van der Waals surface area contributed by atoms with E-state index in [1.165, 1.54) is 4.68 Å². The summed E-state index contributed by atoms with van der Waals surface area (Å²) in [6.07, 6.45) is 1.66. The van der Waals surface area contributed by atoms with E-state index < -0.39 is 11.5 Å². The zero-order chi connectivity index (χ0) is 15.1. The third-order valence-electron chi connectivity index (χ3n) is 3.82. The highest BCUT2D eigenvalue weighted by molar-refractivity contribution is 6.31. The molecule has 2 rings (SSSR count). The molecule has 1 saturated carbocycles. The molecule has 0 bridgehead atoms. The first-order valence-electron chi connectivity index (χ1n) is 6.49. The van der Waals surface area contributed by atoms with Gasteiger partial charge in [0.2, 0.25) is 5.91 Å². The number of aromatic nitrogens is 2. The maximum atomic E-state index is 12.1. The number of carboxylic acids is 1. The van der Waals surface area contributed by atoms with Gasteiger partial charge in [0.1, 0.15) is 12.1 Å². The summed E-state index contributed by atoms with van der Waals surface area (Å²) in [5, 5.41) is 16.6. The summed E-state index contributed by atoms with van der Waals surface area (Å²) in [6.45, 7) is 5.05. The van der Waals surface area contributed by atoms with Gasteiger partial charge in [-0.15, -0.1) is 0 Å². The van der Waals surface area contributed by atoms with Crippen molar-refractivity contribution in [1.82, 2.24) is 15.1 Å².